The molecule has 2 aromatic rings. The van der Waals surface area contributed by atoms with Gasteiger partial charge in [0.15, 0.2) is 0 Å². The third-order valence-corrected chi connectivity index (χ3v) is 4.47. The molecule has 1 aromatic heterocycles. The van der Waals surface area contributed by atoms with Gasteiger partial charge in [-0.25, -0.2) is 14.8 Å². The van der Waals surface area contributed by atoms with Gasteiger partial charge in [-0.1, -0.05) is 6.58 Å². The fraction of sp³-hybridized carbons (Fsp3) is 0.500. The van der Waals surface area contributed by atoms with E-state index in [1.54, 1.807) is 12.0 Å². The second kappa shape index (κ2) is 9.58. The number of aromatic nitrogens is 2. The van der Waals surface area contributed by atoms with Crippen molar-refractivity contribution in [2.45, 2.75) is 52.6 Å². The van der Waals surface area contributed by atoms with Crippen molar-refractivity contribution in [2.24, 2.45) is 0 Å². The van der Waals surface area contributed by atoms with Gasteiger partial charge in [-0.15, -0.1) is 0 Å². The van der Waals surface area contributed by atoms with E-state index >= 15 is 0 Å². The SMILES string of the molecule is C=C(OC)c1cc(C)cc2c(N)ncnc12.CC(C)(C)OC(=O)N1CCCCC1. The van der Waals surface area contributed by atoms with Gasteiger partial charge in [0.25, 0.3) is 0 Å². The molecule has 1 fully saturated rings. The number of fused-ring (bicyclic) bond motifs is 1. The fourth-order valence-electron chi connectivity index (χ4n) is 3.06. The summed E-state index contributed by atoms with van der Waals surface area (Å²) in [4.78, 5) is 21.5. The van der Waals surface area contributed by atoms with E-state index in [1.807, 2.05) is 39.8 Å². The lowest BCUT2D eigenvalue weighted by Crippen LogP contribution is -2.39. The van der Waals surface area contributed by atoms with Crippen LogP contribution in [0.5, 0.6) is 0 Å². The average molecular weight is 401 g/mol. The number of hydrogen-bond acceptors (Lipinski definition) is 6. The Hall–Kier alpha value is -2.83. The van der Waals surface area contributed by atoms with Crippen molar-refractivity contribution in [3.63, 3.8) is 0 Å². The molecule has 0 atom stereocenters. The van der Waals surface area contributed by atoms with Gasteiger partial charge in [-0.3, -0.25) is 0 Å². The van der Waals surface area contributed by atoms with Crippen LogP contribution in [0.25, 0.3) is 16.7 Å². The number of rotatable bonds is 2. The van der Waals surface area contributed by atoms with Crippen molar-refractivity contribution >= 4 is 28.6 Å². The lowest BCUT2D eigenvalue weighted by atomic mass is 10.1. The molecule has 0 spiro atoms. The summed E-state index contributed by atoms with van der Waals surface area (Å²) in [6.45, 7) is 13.2. The molecule has 1 aliphatic rings. The van der Waals surface area contributed by atoms with Crippen LogP contribution in [-0.4, -0.2) is 46.8 Å². The second-order valence-corrected chi connectivity index (χ2v) is 8.12. The van der Waals surface area contributed by atoms with Crippen LogP contribution in [-0.2, 0) is 9.47 Å². The molecule has 7 nitrogen and oxygen atoms in total. The Labute approximate surface area is 172 Å². The van der Waals surface area contributed by atoms with Crippen LogP contribution in [0.4, 0.5) is 10.6 Å². The Morgan fingerprint density at radius 2 is 1.83 bits per heavy atom. The van der Waals surface area contributed by atoms with Crippen molar-refractivity contribution in [3.8, 4) is 0 Å². The molecule has 29 heavy (non-hydrogen) atoms. The number of likely N-dealkylation sites (tertiary alicyclic amines) is 1. The molecule has 1 aliphatic heterocycles. The maximum absolute atomic E-state index is 11.5. The van der Waals surface area contributed by atoms with E-state index in [9.17, 15) is 4.79 Å². The van der Waals surface area contributed by atoms with Crippen LogP contribution in [0.3, 0.4) is 0 Å². The standard InChI is InChI=1S/C12H13N3O.C10H19NO2/c1-7-4-9(8(2)16-3)11-10(5-7)12(13)15-6-14-11;1-10(2,3)13-9(12)11-7-5-4-6-8-11/h4-6H,2H2,1,3H3,(H2,13,14,15);4-8H2,1-3H3. The van der Waals surface area contributed by atoms with Gasteiger partial charge in [0.05, 0.1) is 12.6 Å². The number of ether oxygens (including phenoxy) is 2. The second-order valence-electron chi connectivity index (χ2n) is 8.12. The molecule has 1 saturated heterocycles. The summed E-state index contributed by atoms with van der Waals surface area (Å²) in [6, 6.07) is 3.93. The van der Waals surface area contributed by atoms with Gasteiger partial charge < -0.3 is 20.1 Å². The highest BCUT2D eigenvalue weighted by Gasteiger charge is 2.22. The number of nitrogens with zero attached hydrogens (tertiary/aromatic N) is 3. The smallest absolute Gasteiger partial charge is 0.410 e. The highest BCUT2D eigenvalue weighted by molar-refractivity contribution is 5.95. The first-order valence-electron chi connectivity index (χ1n) is 9.84. The summed E-state index contributed by atoms with van der Waals surface area (Å²) < 4.78 is 10.4. The number of hydrogen-bond donors (Lipinski definition) is 1. The Balaban J connectivity index is 0.000000212. The monoisotopic (exact) mass is 400 g/mol. The molecule has 0 radical (unpaired) electrons. The van der Waals surface area contributed by atoms with E-state index in [-0.39, 0.29) is 11.7 Å². The number of amides is 1. The highest BCUT2D eigenvalue weighted by Crippen LogP contribution is 2.26. The molecule has 2 N–H and O–H groups in total. The Bertz CT molecular complexity index is 868. The molecule has 3 rings (SSSR count). The molecule has 1 aromatic carbocycles. The summed E-state index contributed by atoms with van der Waals surface area (Å²) >= 11 is 0. The molecule has 0 bridgehead atoms. The number of benzene rings is 1. The maximum atomic E-state index is 11.5. The molecule has 0 unspecified atom stereocenters. The third kappa shape index (κ3) is 6.34. The van der Waals surface area contributed by atoms with E-state index in [2.05, 4.69) is 16.5 Å². The minimum Gasteiger partial charge on any atom is -0.497 e. The van der Waals surface area contributed by atoms with Gasteiger partial charge in [0.2, 0.25) is 0 Å². The molecule has 0 saturated carbocycles. The van der Waals surface area contributed by atoms with Crippen LogP contribution in [0.1, 0.15) is 51.2 Å². The number of aryl methyl sites for hydroxylation is 1. The largest absolute Gasteiger partial charge is 0.497 e. The average Bonchev–Trinajstić information content (AvgIpc) is 2.67. The lowest BCUT2D eigenvalue weighted by molar-refractivity contribution is 0.0216. The van der Waals surface area contributed by atoms with E-state index in [1.165, 1.54) is 12.7 Å². The molecule has 2 heterocycles. The molecule has 1 amide bonds. The number of nitrogen functional groups attached to an aromatic ring is 1. The van der Waals surface area contributed by atoms with Crippen molar-refractivity contribution in [1.82, 2.24) is 14.9 Å². The van der Waals surface area contributed by atoms with Gasteiger partial charge in [0, 0.05) is 24.0 Å². The minimum absolute atomic E-state index is 0.160. The summed E-state index contributed by atoms with van der Waals surface area (Å²) in [6.07, 6.45) is 4.74. The molecule has 158 valence electrons. The van der Waals surface area contributed by atoms with Crippen molar-refractivity contribution in [3.05, 3.63) is 36.2 Å². The quantitative estimate of drug-likeness (QED) is 0.744. The summed E-state index contributed by atoms with van der Waals surface area (Å²) in [5.41, 5.74) is 8.14. The Kier molecular flexibility index (Phi) is 7.42. The van der Waals surface area contributed by atoms with Gasteiger partial charge in [-0.05, 0) is 64.7 Å². The van der Waals surface area contributed by atoms with Crippen molar-refractivity contribution < 1.29 is 14.3 Å². The number of carbonyl (C=O) groups is 1. The van der Waals surface area contributed by atoms with Gasteiger partial charge in [0.1, 0.15) is 23.5 Å². The summed E-state index contributed by atoms with van der Waals surface area (Å²) in [5.74, 6) is 1.05. The van der Waals surface area contributed by atoms with E-state index in [4.69, 9.17) is 15.2 Å². The maximum Gasteiger partial charge on any atom is 0.410 e. The Morgan fingerprint density at radius 3 is 2.41 bits per heavy atom. The highest BCUT2D eigenvalue weighted by atomic mass is 16.6. The zero-order valence-corrected chi connectivity index (χ0v) is 18.1. The Morgan fingerprint density at radius 1 is 1.17 bits per heavy atom. The lowest BCUT2D eigenvalue weighted by Gasteiger charge is -2.29. The molecular weight excluding hydrogens is 368 g/mol. The van der Waals surface area contributed by atoms with Crippen molar-refractivity contribution in [2.75, 3.05) is 25.9 Å². The van der Waals surface area contributed by atoms with E-state index in [0.717, 1.165) is 48.0 Å². The molecule has 0 aliphatic carbocycles. The predicted octanol–water partition coefficient (Wildman–Crippen LogP) is 4.54. The van der Waals surface area contributed by atoms with Gasteiger partial charge >= 0.3 is 6.09 Å². The third-order valence-electron chi connectivity index (χ3n) is 4.47. The van der Waals surface area contributed by atoms with E-state index in [0.29, 0.717) is 11.6 Å². The van der Waals surface area contributed by atoms with E-state index < -0.39 is 0 Å². The first kappa shape index (κ1) is 22.5. The number of methoxy groups -OCH3 is 1. The van der Waals surface area contributed by atoms with Crippen LogP contribution in [0.15, 0.2) is 25.0 Å². The number of nitrogens with two attached hydrogens (primary N) is 1. The topological polar surface area (TPSA) is 90.6 Å². The normalized spacial score (nSPS) is 14.0. The number of piperidine rings is 1. The van der Waals surface area contributed by atoms with Gasteiger partial charge in [-0.2, -0.15) is 0 Å². The minimum atomic E-state index is -0.367. The fourth-order valence-corrected chi connectivity index (χ4v) is 3.06. The first-order chi connectivity index (χ1) is 13.6. The number of anilines is 1. The van der Waals surface area contributed by atoms with Crippen molar-refractivity contribution in [1.29, 1.82) is 0 Å². The van der Waals surface area contributed by atoms with Crippen LogP contribution in [0.2, 0.25) is 0 Å². The van der Waals surface area contributed by atoms with Crippen LogP contribution < -0.4 is 5.73 Å². The number of carbonyl (C=O) groups excluding carboxylic acids is 1. The molecule has 7 heteroatoms. The van der Waals surface area contributed by atoms with Crippen LogP contribution >= 0.6 is 0 Å². The predicted molar refractivity (Wildman–Crippen MR) is 116 cm³/mol. The zero-order valence-electron chi connectivity index (χ0n) is 18.1. The van der Waals surface area contributed by atoms with Crippen LogP contribution in [0, 0.1) is 6.92 Å². The first-order valence-corrected chi connectivity index (χ1v) is 9.84. The summed E-state index contributed by atoms with van der Waals surface area (Å²) in [7, 11) is 1.58. The summed E-state index contributed by atoms with van der Waals surface area (Å²) in [5, 5.41) is 0.829. The molecular formula is C22H32N4O3. The zero-order chi connectivity index (χ0) is 21.6.